The van der Waals surface area contributed by atoms with Crippen molar-refractivity contribution in [3.8, 4) is 5.75 Å². The normalized spacial score (nSPS) is 11.8. The molecule has 168 valence electrons. The van der Waals surface area contributed by atoms with Crippen molar-refractivity contribution in [1.29, 1.82) is 0 Å². The topological polar surface area (TPSA) is 74.6 Å². The van der Waals surface area contributed by atoms with Gasteiger partial charge in [0.05, 0.1) is 0 Å². The second-order valence-electron chi connectivity index (χ2n) is 8.29. The molecule has 0 atom stereocenters. The van der Waals surface area contributed by atoms with Crippen molar-refractivity contribution in [2.75, 3.05) is 0 Å². The lowest BCUT2D eigenvalue weighted by atomic mass is 10.0. The van der Waals surface area contributed by atoms with E-state index >= 15 is 0 Å². The Kier molecular flexibility index (Phi) is 14.1. The van der Waals surface area contributed by atoms with Gasteiger partial charge < -0.3 is 5.11 Å². The molecule has 0 unspecified atom stereocenters. The zero-order valence-electron chi connectivity index (χ0n) is 18.4. The van der Waals surface area contributed by atoms with Gasteiger partial charge in [-0.15, -0.1) is 0 Å². The third-order valence-electron chi connectivity index (χ3n) is 5.66. The fraction of sp³-hybridized carbons (Fsp3) is 0.750. The summed E-state index contributed by atoms with van der Waals surface area (Å²) in [4.78, 5) is -0.397. The van der Waals surface area contributed by atoms with E-state index in [-0.39, 0.29) is 5.75 Å². The maximum Gasteiger partial charge on any atom is 0.298 e. The molecule has 0 saturated heterocycles. The Morgan fingerprint density at radius 1 is 0.690 bits per heavy atom. The molecular formula is C24H42O4S. The third-order valence-corrected chi connectivity index (χ3v) is 6.55. The van der Waals surface area contributed by atoms with Crippen molar-refractivity contribution in [2.24, 2.45) is 0 Å². The second kappa shape index (κ2) is 15.7. The standard InChI is InChI=1S/C24H42O4S/c1-2-3-4-5-6-7-8-9-10-11-12-13-14-15-16-17-19-22-20-18-21-23(24(22)25)29(26,27)28/h18,20-21,25H,2-17,19H2,1H3,(H,26,27,28). The van der Waals surface area contributed by atoms with E-state index in [9.17, 15) is 13.5 Å². The van der Waals surface area contributed by atoms with E-state index in [4.69, 9.17) is 4.55 Å². The van der Waals surface area contributed by atoms with E-state index in [1.165, 1.54) is 96.0 Å². The number of hydrogen-bond acceptors (Lipinski definition) is 3. The van der Waals surface area contributed by atoms with Gasteiger partial charge in [-0.05, 0) is 24.5 Å². The first-order valence-corrected chi connectivity index (χ1v) is 13.2. The molecule has 1 aromatic rings. The maximum absolute atomic E-state index is 11.2. The monoisotopic (exact) mass is 426 g/mol. The number of unbranched alkanes of at least 4 members (excludes halogenated alkanes) is 15. The first-order valence-electron chi connectivity index (χ1n) is 11.7. The number of aromatic hydroxyl groups is 1. The molecule has 1 rings (SSSR count). The summed E-state index contributed by atoms with van der Waals surface area (Å²) in [6, 6.07) is 4.50. The van der Waals surface area contributed by atoms with Crippen LogP contribution in [0.15, 0.2) is 23.1 Å². The van der Waals surface area contributed by atoms with Gasteiger partial charge in [0.25, 0.3) is 10.1 Å². The second-order valence-corrected chi connectivity index (χ2v) is 9.68. The van der Waals surface area contributed by atoms with Crippen LogP contribution >= 0.6 is 0 Å². The molecule has 0 heterocycles. The van der Waals surface area contributed by atoms with E-state index in [1.807, 2.05) is 0 Å². The van der Waals surface area contributed by atoms with Crippen molar-refractivity contribution in [3.63, 3.8) is 0 Å². The molecule has 0 aliphatic rings. The van der Waals surface area contributed by atoms with Crippen LogP contribution in [0.25, 0.3) is 0 Å². The third kappa shape index (κ3) is 12.3. The molecule has 0 spiro atoms. The fourth-order valence-electron chi connectivity index (χ4n) is 3.84. The minimum atomic E-state index is -4.37. The zero-order chi connectivity index (χ0) is 21.4. The Balaban J connectivity index is 1.96. The molecule has 2 N–H and O–H groups in total. The molecule has 5 heteroatoms. The Labute approximate surface area is 178 Å². The van der Waals surface area contributed by atoms with E-state index in [0.29, 0.717) is 12.0 Å². The average Bonchev–Trinajstić information content (AvgIpc) is 2.68. The largest absolute Gasteiger partial charge is 0.506 e. The molecule has 1 aromatic carbocycles. The number of phenols is 1. The van der Waals surface area contributed by atoms with E-state index in [0.717, 1.165) is 12.8 Å². The summed E-state index contributed by atoms with van der Waals surface area (Å²) in [6.07, 6.45) is 21.6. The minimum Gasteiger partial charge on any atom is -0.506 e. The van der Waals surface area contributed by atoms with Crippen LogP contribution in [0.3, 0.4) is 0 Å². The molecule has 0 radical (unpaired) electrons. The van der Waals surface area contributed by atoms with Crippen molar-refractivity contribution in [1.82, 2.24) is 0 Å². The zero-order valence-corrected chi connectivity index (χ0v) is 19.2. The number of aryl methyl sites for hydroxylation is 1. The number of benzene rings is 1. The van der Waals surface area contributed by atoms with Gasteiger partial charge in [-0.1, -0.05) is 115 Å². The fourth-order valence-corrected chi connectivity index (χ4v) is 4.47. The van der Waals surface area contributed by atoms with Gasteiger partial charge >= 0.3 is 0 Å². The van der Waals surface area contributed by atoms with Gasteiger partial charge in [0, 0.05) is 0 Å². The molecule has 0 aliphatic carbocycles. The highest BCUT2D eigenvalue weighted by atomic mass is 32.2. The van der Waals surface area contributed by atoms with Gasteiger partial charge in [-0.3, -0.25) is 4.55 Å². The summed E-state index contributed by atoms with van der Waals surface area (Å²) in [7, 11) is -4.37. The number of rotatable bonds is 18. The number of para-hydroxylation sites is 1. The summed E-state index contributed by atoms with van der Waals surface area (Å²) in [5.41, 5.74) is 0.588. The Morgan fingerprint density at radius 2 is 1.10 bits per heavy atom. The average molecular weight is 427 g/mol. The van der Waals surface area contributed by atoms with Crippen LogP contribution in [-0.4, -0.2) is 18.1 Å². The molecule has 0 aliphatic heterocycles. The Bertz CT molecular complexity index is 640. The van der Waals surface area contributed by atoms with E-state index in [2.05, 4.69) is 6.92 Å². The van der Waals surface area contributed by atoms with Gasteiger partial charge in [0.15, 0.2) is 0 Å². The van der Waals surface area contributed by atoms with Gasteiger partial charge in [-0.2, -0.15) is 8.42 Å². The summed E-state index contributed by atoms with van der Waals surface area (Å²) < 4.78 is 31.6. The van der Waals surface area contributed by atoms with Gasteiger partial charge in [0.1, 0.15) is 10.6 Å². The molecule has 0 fully saturated rings. The number of phenolic OH excluding ortho intramolecular Hbond substituents is 1. The highest BCUT2D eigenvalue weighted by Crippen LogP contribution is 2.28. The lowest BCUT2D eigenvalue weighted by molar-refractivity contribution is 0.436. The smallest absolute Gasteiger partial charge is 0.298 e. The molecule has 0 saturated carbocycles. The van der Waals surface area contributed by atoms with Crippen LogP contribution in [0.5, 0.6) is 5.75 Å². The summed E-state index contributed by atoms with van der Waals surface area (Å²) in [5, 5.41) is 10.0. The Hall–Kier alpha value is -1.07. The lowest BCUT2D eigenvalue weighted by Gasteiger charge is -2.08. The van der Waals surface area contributed by atoms with Crippen LogP contribution in [0, 0.1) is 0 Å². The predicted molar refractivity (Wildman–Crippen MR) is 121 cm³/mol. The highest BCUT2D eigenvalue weighted by Gasteiger charge is 2.17. The molecule has 0 amide bonds. The highest BCUT2D eigenvalue weighted by molar-refractivity contribution is 7.86. The van der Waals surface area contributed by atoms with Crippen molar-refractivity contribution in [3.05, 3.63) is 23.8 Å². The lowest BCUT2D eigenvalue weighted by Crippen LogP contribution is -2.00. The molecule has 0 bridgehead atoms. The Morgan fingerprint density at radius 3 is 1.52 bits per heavy atom. The first-order chi connectivity index (χ1) is 14.0. The molecule has 4 nitrogen and oxygen atoms in total. The minimum absolute atomic E-state index is 0.309. The van der Waals surface area contributed by atoms with Crippen molar-refractivity contribution >= 4 is 10.1 Å². The van der Waals surface area contributed by atoms with Crippen LogP contribution in [0.2, 0.25) is 0 Å². The first kappa shape index (κ1) is 26.0. The number of hydrogen-bond donors (Lipinski definition) is 2. The summed E-state index contributed by atoms with van der Waals surface area (Å²) in [6.45, 7) is 2.26. The van der Waals surface area contributed by atoms with E-state index in [1.54, 1.807) is 12.1 Å². The summed E-state index contributed by atoms with van der Waals surface area (Å²) in [5.74, 6) is -0.309. The van der Waals surface area contributed by atoms with Crippen LogP contribution in [-0.2, 0) is 16.5 Å². The van der Waals surface area contributed by atoms with Crippen LogP contribution < -0.4 is 0 Å². The predicted octanol–water partition coefficient (Wildman–Crippen LogP) is 7.44. The van der Waals surface area contributed by atoms with Crippen LogP contribution in [0.1, 0.15) is 115 Å². The van der Waals surface area contributed by atoms with Crippen molar-refractivity contribution in [2.45, 2.75) is 121 Å². The van der Waals surface area contributed by atoms with Gasteiger partial charge in [-0.25, -0.2) is 0 Å². The quantitative estimate of drug-likeness (QED) is 0.189. The molecule has 0 aromatic heterocycles. The van der Waals surface area contributed by atoms with Crippen molar-refractivity contribution < 1.29 is 18.1 Å². The molecule has 29 heavy (non-hydrogen) atoms. The van der Waals surface area contributed by atoms with Crippen LogP contribution in [0.4, 0.5) is 0 Å². The maximum atomic E-state index is 11.2. The van der Waals surface area contributed by atoms with Gasteiger partial charge in [0.2, 0.25) is 0 Å². The summed E-state index contributed by atoms with van der Waals surface area (Å²) >= 11 is 0. The molecular weight excluding hydrogens is 384 g/mol. The SMILES string of the molecule is CCCCCCCCCCCCCCCCCCc1cccc(S(=O)(=O)O)c1O. The van der Waals surface area contributed by atoms with E-state index < -0.39 is 15.0 Å².